The fourth-order valence-corrected chi connectivity index (χ4v) is 4.59. The molecule has 4 rings (SSSR count). The van der Waals surface area contributed by atoms with Crippen LogP contribution in [0, 0.1) is 6.92 Å². The topological polar surface area (TPSA) is 74.8 Å². The van der Waals surface area contributed by atoms with Gasteiger partial charge in [-0.1, -0.05) is 12.1 Å². The van der Waals surface area contributed by atoms with E-state index in [4.69, 9.17) is 4.74 Å². The number of aromatic nitrogens is 1. The van der Waals surface area contributed by atoms with Crippen molar-refractivity contribution in [2.45, 2.75) is 38.3 Å². The van der Waals surface area contributed by atoms with E-state index in [1.165, 1.54) is 11.3 Å². The fourth-order valence-electron chi connectivity index (χ4n) is 3.90. The summed E-state index contributed by atoms with van der Waals surface area (Å²) in [6.45, 7) is 5.82. The highest BCUT2D eigenvalue weighted by Gasteiger charge is 2.44. The van der Waals surface area contributed by atoms with Crippen molar-refractivity contribution in [2.75, 3.05) is 32.0 Å². The maximum atomic E-state index is 13.4. The smallest absolute Gasteiger partial charge is 0.258 e. The molecule has 29 heavy (non-hydrogen) atoms. The van der Waals surface area contributed by atoms with E-state index in [1.54, 1.807) is 17.9 Å². The van der Waals surface area contributed by atoms with Crippen molar-refractivity contribution in [2.24, 2.45) is 0 Å². The number of hydrogen-bond acceptors (Lipinski definition) is 6. The molecule has 1 atom stereocenters. The molecule has 1 N–H and O–H groups in total. The molecule has 8 heteroatoms. The fraction of sp³-hybridized carbons (Fsp3) is 0.476. The first kappa shape index (κ1) is 19.8. The number of para-hydroxylation sites is 1. The lowest BCUT2D eigenvalue weighted by Crippen LogP contribution is -2.56. The van der Waals surface area contributed by atoms with Crippen molar-refractivity contribution in [3.63, 3.8) is 0 Å². The number of carbonyl (C=O) groups is 2. The van der Waals surface area contributed by atoms with Crippen LogP contribution in [0.4, 0.5) is 5.13 Å². The molecule has 2 aliphatic rings. The normalized spacial score (nSPS) is 20.0. The SMILES string of the molecule is Cc1csc(NC(=O)C(C)N2CC3(CCN(C)CC3)Oc3ccccc3C2=O)n1. The summed E-state index contributed by atoms with van der Waals surface area (Å²) in [7, 11) is 2.09. The predicted octanol–water partition coefficient (Wildman–Crippen LogP) is 2.78. The average molecular weight is 415 g/mol. The maximum Gasteiger partial charge on any atom is 0.258 e. The van der Waals surface area contributed by atoms with Crippen LogP contribution in [0.2, 0.25) is 0 Å². The minimum absolute atomic E-state index is 0.172. The number of nitrogens with one attached hydrogen (secondary N) is 1. The van der Waals surface area contributed by atoms with Gasteiger partial charge < -0.3 is 19.9 Å². The number of hydrogen-bond donors (Lipinski definition) is 1. The molecular formula is C21H26N4O3S. The molecule has 1 spiro atoms. The Morgan fingerprint density at radius 3 is 2.72 bits per heavy atom. The first-order chi connectivity index (χ1) is 13.9. The number of fused-ring (bicyclic) bond motifs is 1. The van der Waals surface area contributed by atoms with Gasteiger partial charge in [0, 0.05) is 31.3 Å². The molecule has 0 saturated carbocycles. The first-order valence-corrected chi connectivity index (χ1v) is 10.8. The summed E-state index contributed by atoms with van der Waals surface area (Å²) >= 11 is 1.38. The number of thiazole rings is 1. The van der Waals surface area contributed by atoms with Gasteiger partial charge >= 0.3 is 0 Å². The lowest BCUT2D eigenvalue weighted by Gasteiger charge is -2.42. The molecular weight excluding hydrogens is 388 g/mol. The van der Waals surface area contributed by atoms with Gasteiger partial charge in [-0.2, -0.15) is 0 Å². The molecule has 1 fully saturated rings. The summed E-state index contributed by atoms with van der Waals surface area (Å²) in [5.74, 6) is 0.192. The molecule has 0 aliphatic carbocycles. The standard InChI is InChI=1S/C21H26N4O3S/c1-14-12-29-20(22-14)23-18(26)15(2)25-13-21(8-10-24(3)11-9-21)28-17-7-5-4-6-16(17)19(25)27/h4-7,12,15H,8-11,13H2,1-3H3,(H,22,23,26). The van der Waals surface area contributed by atoms with E-state index in [-0.39, 0.29) is 11.8 Å². The number of aryl methyl sites for hydroxylation is 1. The van der Waals surface area contributed by atoms with Gasteiger partial charge in [0.2, 0.25) is 5.91 Å². The summed E-state index contributed by atoms with van der Waals surface area (Å²) in [4.78, 5) is 34.5. The first-order valence-electron chi connectivity index (χ1n) is 9.87. The molecule has 154 valence electrons. The van der Waals surface area contributed by atoms with Gasteiger partial charge in [-0.3, -0.25) is 9.59 Å². The Labute approximate surface area is 174 Å². The number of benzene rings is 1. The van der Waals surface area contributed by atoms with Gasteiger partial charge in [-0.05, 0) is 33.0 Å². The van der Waals surface area contributed by atoms with Gasteiger partial charge in [-0.25, -0.2) is 4.98 Å². The molecule has 7 nitrogen and oxygen atoms in total. The van der Waals surface area contributed by atoms with Crippen molar-refractivity contribution in [1.29, 1.82) is 0 Å². The lowest BCUT2D eigenvalue weighted by atomic mass is 9.90. The highest BCUT2D eigenvalue weighted by Crippen LogP contribution is 2.36. The van der Waals surface area contributed by atoms with Crippen molar-refractivity contribution in [1.82, 2.24) is 14.8 Å². The third kappa shape index (κ3) is 4.00. The van der Waals surface area contributed by atoms with Crippen molar-refractivity contribution in [3.8, 4) is 5.75 Å². The van der Waals surface area contributed by atoms with Crippen LogP contribution in [0.5, 0.6) is 5.75 Å². The Balaban J connectivity index is 1.63. The number of nitrogens with zero attached hydrogens (tertiary/aromatic N) is 3. The number of ether oxygens (including phenoxy) is 1. The third-order valence-corrected chi connectivity index (χ3v) is 6.63. The Kier molecular flexibility index (Phi) is 5.31. The summed E-state index contributed by atoms with van der Waals surface area (Å²) in [6.07, 6.45) is 1.61. The van der Waals surface area contributed by atoms with E-state index in [0.717, 1.165) is 31.6 Å². The Hall–Kier alpha value is -2.45. The number of amides is 2. The van der Waals surface area contributed by atoms with E-state index in [0.29, 0.717) is 23.0 Å². The minimum Gasteiger partial charge on any atom is -0.484 e. The largest absolute Gasteiger partial charge is 0.484 e. The van der Waals surface area contributed by atoms with E-state index in [1.807, 2.05) is 30.5 Å². The molecule has 2 amide bonds. The maximum absolute atomic E-state index is 13.4. The summed E-state index contributed by atoms with van der Waals surface area (Å²) in [6, 6.07) is 6.69. The molecule has 1 aromatic carbocycles. The van der Waals surface area contributed by atoms with Gasteiger partial charge in [0.1, 0.15) is 17.4 Å². The quantitative estimate of drug-likeness (QED) is 0.836. The lowest BCUT2D eigenvalue weighted by molar-refractivity contribution is -0.121. The van der Waals surface area contributed by atoms with Crippen LogP contribution in [0.25, 0.3) is 0 Å². The van der Waals surface area contributed by atoms with Crippen LogP contribution in [0.15, 0.2) is 29.6 Å². The van der Waals surface area contributed by atoms with Crippen molar-refractivity contribution < 1.29 is 14.3 Å². The average Bonchev–Trinajstić information content (AvgIpc) is 3.07. The number of likely N-dealkylation sites (tertiary alicyclic amines) is 1. The van der Waals surface area contributed by atoms with Crippen molar-refractivity contribution in [3.05, 3.63) is 40.9 Å². The zero-order chi connectivity index (χ0) is 20.6. The molecule has 2 aliphatic heterocycles. The van der Waals surface area contributed by atoms with Crippen LogP contribution in [-0.4, -0.2) is 64.9 Å². The number of rotatable bonds is 3. The molecule has 1 aromatic heterocycles. The number of carbonyl (C=O) groups excluding carboxylic acids is 2. The zero-order valence-electron chi connectivity index (χ0n) is 17.0. The molecule has 0 radical (unpaired) electrons. The minimum atomic E-state index is -0.641. The second-order valence-corrected chi connectivity index (χ2v) is 8.83. The summed E-state index contributed by atoms with van der Waals surface area (Å²) < 4.78 is 6.45. The Bertz CT molecular complexity index is 920. The Morgan fingerprint density at radius 1 is 1.31 bits per heavy atom. The van der Waals surface area contributed by atoms with Crippen LogP contribution >= 0.6 is 11.3 Å². The van der Waals surface area contributed by atoms with Gasteiger partial charge in [0.25, 0.3) is 5.91 Å². The van der Waals surface area contributed by atoms with Crippen LogP contribution in [-0.2, 0) is 4.79 Å². The van der Waals surface area contributed by atoms with E-state index in [9.17, 15) is 9.59 Å². The van der Waals surface area contributed by atoms with Gasteiger partial charge in [0.15, 0.2) is 5.13 Å². The number of anilines is 1. The van der Waals surface area contributed by atoms with Crippen LogP contribution < -0.4 is 10.1 Å². The second kappa shape index (κ2) is 7.76. The summed E-state index contributed by atoms with van der Waals surface area (Å²) in [5, 5.41) is 5.28. The van der Waals surface area contributed by atoms with Crippen LogP contribution in [0.1, 0.15) is 35.8 Å². The second-order valence-electron chi connectivity index (χ2n) is 7.98. The molecule has 3 heterocycles. The van der Waals surface area contributed by atoms with Gasteiger partial charge in [0.05, 0.1) is 17.8 Å². The highest BCUT2D eigenvalue weighted by atomic mass is 32.1. The monoisotopic (exact) mass is 414 g/mol. The highest BCUT2D eigenvalue weighted by molar-refractivity contribution is 7.13. The van der Waals surface area contributed by atoms with E-state index < -0.39 is 11.6 Å². The zero-order valence-corrected chi connectivity index (χ0v) is 17.8. The van der Waals surface area contributed by atoms with E-state index >= 15 is 0 Å². The molecule has 1 unspecified atom stereocenters. The Morgan fingerprint density at radius 2 is 2.03 bits per heavy atom. The van der Waals surface area contributed by atoms with Crippen LogP contribution in [0.3, 0.4) is 0 Å². The van der Waals surface area contributed by atoms with Gasteiger partial charge in [-0.15, -0.1) is 11.3 Å². The molecule has 0 bridgehead atoms. The van der Waals surface area contributed by atoms with Crippen molar-refractivity contribution >= 4 is 28.3 Å². The predicted molar refractivity (Wildman–Crippen MR) is 113 cm³/mol. The number of piperidine rings is 1. The molecule has 1 saturated heterocycles. The summed E-state index contributed by atoms with van der Waals surface area (Å²) in [5.41, 5.74) is 0.880. The third-order valence-electron chi connectivity index (χ3n) is 5.76. The molecule has 2 aromatic rings. The van der Waals surface area contributed by atoms with E-state index in [2.05, 4.69) is 22.2 Å².